The van der Waals surface area contributed by atoms with Crippen molar-refractivity contribution in [1.82, 2.24) is 5.32 Å². The lowest BCUT2D eigenvalue weighted by Gasteiger charge is -2.49. The topological polar surface area (TPSA) is 78.8 Å². The van der Waals surface area contributed by atoms with Gasteiger partial charge in [-0.05, 0) is 61.4 Å². The van der Waals surface area contributed by atoms with E-state index in [-0.39, 0.29) is 23.5 Å². The monoisotopic (exact) mass is 431 g/mol. The highest BCUT2D eigenvalue weighted by atomic mass is 16.5. The number of carboxylic acid groups (broad SMARTS) is 1. The Bertz CT molecular complexity index is 724. The predicted molar refractivity (Wildman–Crippen MR) is 124 cm³/mol. The van der Waals surface area contributed by atoms with Crippen molar-refractivity contribution in [3.05, 3.63) is 29.3 Å². The number of rotatable bonds is 10. The number of hydrogen-bond donors (Lipinski definition) is 3. The molecule has 2 aliphatic rings. The number of aliphatic carboxylic acids is 1. The molecule has 1 fully saturated rings. The van der Waals surface area contributed by atoms with Crippen molar-refractivity contribution < 1.29 is 19.7 Å². The molecule has 1 saturated carbocycles. The van der Waals surface area contributed by atoms with Crippen molar-refractivity contribution in [3.8, 4) is 5.75 Å². The van der Waals surface area contributed by atoms with Crippen LogP contribution in [0.25, 0.3) is 0 Å². The van der Waals surface area contributed by atoms with E-state index in [1.807, 2.05) is 12.1 Å². The highest BCUT2D eigenvalue weighted by Crippen LogP contribution is 2.44. The van der Waals surface area contributed by atoms with E-state index in [4.69, 9.17) is 4.74 Å². The van der Waals surface area contributed by atoms with Gasteiger partial charge in [-0.1, -0.05) is 52.0 Å². The Labute approximate surface area is 187 Å². The van der Waals surface area contributed by atoms with Crippen molar-refractivity contribution in [1.29, 1.82) is 0 Å². The fourth-order valence-electron chi connectivity index (χ4n) is 6.26. The van der Waals surface area contributed by atoms with Crippen LogP contribution in [0.2, 0.25) is 0 Å². The molecule has 1 aromatic rings. The lowest BCUT2D eigenvalue weighted by atomic mass is 9.62. The molecule has 3 rings (SSSR count). The third-order valence-electron chi connectivity index (χ3n) is 8.13. The minimum absolute atomic E-state index is 0.0264. The van der Waals surface area contributed by atoms with Gasteiger partial charge in [-0.2, -0.15) is 0 Å². The Kier molecular flexibility index (Phi) is 8.40. The molecule has 0 aliphatic heterocycles. The summed E-state index contributed by atoms with van der Waals surface area (Å²) in [6.45, 7) is 5.07. The SMILES string of the molecule is CCC1(CC)c2cc(O)ccc2C[C@@H](OC)[C@@H]1NCC[C@H](CC1CCCCC1)C(=O)O. The molecule has 3 N–H and O–H groups in total. The first-order chi connectivity index (χ1) is 14.9. The average Bonchev–Trinajstić information content (AvgIpc) is 2.78. The van der Waals surface area contributed by atoms with Gasteiger partial charge in [0.25, 0.3) is 0 Å². The van der Waals surface area contributed by atoms with Crippen molar-refractivity contribution in [2.24, 2.45) is 11.8 Å². The molecule has 0 bridgehead atoms. The Hall–Kier alpha value is -1.59. The molecular weight excluding hydrogens is 390 g/mol. The predicted octanol–water partition coefficient (Wildman–Crippen LogP) is 5.04. The van der Waals surface area contributed by atoms with Crippen LogP contribution in [0.5, 0.6) is 5.75 Å². The van der Waals surface area contributed by atoms with Crippen LogP contribution in [0.4, 0.5) is 0 Å². The van der Waals surface area contributed by atoms with Gasteiger partial charge < -0.3 is 20.3 Å². The van der Waals surface area contributed by atoms with Crippen molar-refractivity contribution >= 4 is 5.97 Å². The standard InChI is InChI=1S/C26H41NO4/c1-4-26(5-2)22-17-21(28)12-11-19(22)16-23(31-3)24(26)27-14-13-20(25(29)30)15-18-9-7-6-8-10-18/h11-12,17-18,20,23-24,27-28H,4-10,13-16H2,1-3H3,(H,29,30)/t20-,23-,24+/m1/s1. The van der Waals surface area contributed by atoms with Crippen LogP contribution < -0.4 is 5.32 Å². The van der Waals surface area contributed by atoms with Gasteiger partial charge in [0.2, 0.25) is 0 Å². The van der Waals surface area contributed by atoms with Gasteiger partial charge in [0.1, 0.15) is 5.75 Å². The number of nitrogens with one attached hydrogen (secondary N) is 1. The molecular formula is C26H41NO4. The molecule has 0 aromatic heterocycles. The van der Waals surface area contributed by atoms with Crippen molar-refractivity contribution in [3.63, 3.8) is 0 Å². The Balaban J connectivity index is 1.73. The average molecular weight is 432 g/mol. The smallest absolute Gasteiger partial charge is 0.306 e. The van der Waals surface area contributed by atoms with E-state index in [1.165, 1.54) is 43.2 Å². The zero-order chi connectivity index (χ0) is 22.4. The summed E-state index contributed by atoms with van der Waals surface area (Å²) in [7, 11) is 1.77. The number of phenolic OH excluding ortho intramolecular Hbond substituents is 1. The van der Waals surface area contributed by atoms with E-state index in [0.717, 1.165) is 25.7 Å². The summed E-state index contributed by atoms with van der Waals surface area (Å²) in [5, 5.41) is 23.7. The third-order valence-corrected chi connectivity index (χ3v) is 8.13. The summed E-state index contributed by atoms with van der Waals surface area (Å²) >= 11 is 0. The third kappa shape index (κ3) is 5.25. The zero-order valence-corrected chi connectivity index (χ0v) is 19.5. The second kappa shape index (κ2) is 10.8. The minimum atomic E-state index is -0.660. The normalized spacial score (nSPS) is 24.5. The lowest BCUT2D eigenvalue weighted by molar-refractivity contribution is -0.142. The van der Waals surface area contributed by atoms with Gasteiger partial charge in [-0.25, -0.2) is 0 Å². The highest BCUT2D eigenvalue weighted by Gasteiger charge is 2.46. The van der Waals surface area contributed by atoms with Crippen LogP contribution in [-0.4, -0.2) is 42.0 Å². The molecule has 0 amide bonds. The fourth-order valence-corrected chi connectivity index (χ4v) is 6.26. The Morgan fingerprint density at radius 1 is 1.23 bits per heavy atom. The Morgan fingerprint density at radius 2 is 1.94 bits per heavy atom. The molecule has 31 heavy (non-hydrogen) atoms. The first-order valence-electron chi connectivity index (χ1n) is 12.3. The summed E-state index contributed by atoms with van der Waals surface area (Å²) < 4.78 is 5.93. The molecule has 0 radical (unpaired) electrons. The fraction of sp³-hybridized carbons (Fsp3) is 0.731. The number of carbonyl (C=O) groups is 1. The molecule has 0 heterocycles. The van der Waals surface area contributed by atoms with Crippen molar-refractivity contribution in [2.45, 2.75) is 95.6 Å². The molecule has 3 atom stereocenters. The second-order valence-electron chi connectivity index (χ2n) is 9.68. The van der Waals surface area contributed by atoms with Crippen LogP contribution >= 0.6 is 0 Å². The Morgan fingerprint density at radius 3 is 2.55 bits per heavy atom. The quantitative estimate of drug-likeness (QED) is 0.484. The van der Waals surface area contributed by atoms with E-state index in [1.54, 1.807) is 13.2 Å². The van der Waals surface area contributed by atoms with Crippen LogP contribution in [0.15, 0.2) is 18.2 Å². The highest BCUT2D eigenvalue weighted by molar-refractivity contribution is 5.69. The largest absolute Gasteiger partial charge is 0.508 e. The van der Waals surface area contributed by atoms with Crippen LogP contribution in [-0.2, 0) is 21.4 Å². The number of aromatic hydroxyl groups is 1. The van der Waals surface area contributed by atoms with Gasteiger partial charge in [0.15, 0.2) is 0 Å². The molecule has 5 nitrogen and oxygen atoms in total. The molecule has 0 saturated heterocycles. The van der Waals surface area contributed by atoms with Crippen molar-refractivity contribution in [2.75, 3.05) is 13.7 Å². The van der Waals surface area contributed by atoms with Gasteiger partial charge in [-0.3, -0.25) is 4.79 Å². The van der Waals surface area contributed by atoms with Gasteiger partial charge >= 0.3 is 5.97 Å². The summed E-state index contributed by atoms with van der Waals surface area (Å²) in [6.07, 6.45) is 10.3. The summed E-state index contributed by atoms with van der Waals surface area (Å²) in [6, 6.07) is 5.80. The summed E-state index contributed by atoms with van der Waals surface area (Å²) in [5.74, 6) is -0.0736. The molecule has 5 heteroatoms. The number of phenols is 1. The number of benzene rings is 1. The molecule has 174 valence electrons. The lowest BCUT2D eigenvalue weighted by Crippen LogP contribution is -2.59. The molecule has 0 unspecified atom stereocenters. The number of ether oxygens (including phenoxy) is 1. The van der Waals surface area contributed by atoms with E-state index < -0.39 is 5.97 Å². The summed E-state index contributed by atoms with van der Waals surface area (Å²) in [4.78, 5) is 11.9. The first kappa shape index (κ1) is 24.1. The van der Waals surface area contributed by atoms with Crippen LogP contribution in [0.1, 0.15) is 82.8 Å². The summed E-state index contributed by atoms with van der Waals surface area (Å²) in [5.41, 5.74) is 2.31. The van der Waals surface area contributed by atoms with Gasteiger partial charge in [-0.15, -0.1) is 0 Å². The minimum Gasteiger partial charge on any atom is -0.508 e. The van der Waals surface area contributed by atoms with Gasteiger partial charge in [0, 0.05) is 25.0 Å². The van der Waals surface area contributed by atoms with Crippen LogP contribution in [0, 0.1) is 11.8 Å². The first-order valence-corrected chi connectivity index (χ1v) is 12.3. The van der Waals surface area contributed by atoms with E-state index in [9.17, 15) is 15.0 Å². The number of carboxylic acids is 1. The van der Waals surface area contributed by atoms with E-state index in [2.05, 4.69) is 19.2 Å². The number of fused-ring (bicyclic) bond motifs is 1. The maximum atomic E-state index is 11.9. The molecule has 2 aliphatic carbocycles. The van der Waals surface area contributed by atoms with Crippen LogP contribution in [0.3, 0.4) is 0 Å². The maximum Gasteiger partial charge on any atom is 0.306 e. The number of hydrogen-bond acceptors (Lipinski definition) is 4. The second-order valence-corrected chi connectivity index (χ2v) is 9.68. The zero-order valence-electron chi connectivity index (χ0n) is 19.5. The molecule has 0 spiro atoms. The molecule has 1 aromatic carbocycles. The van der Waals surface area contributed by atoms with E-state index >= 15 is 0 Å². The maximum absolute atomic E-state index is 11.9. The van der Waals surface area contributed by atoms with Gasteiger partial charge in [0.05, 0.1) is 12.0 Å². The number of methoxy groups -OCH3 is 1. The van der Waals surface area contributed by atoms with E-state index in [0.29, 0.717) is 24.6 Å².